The average Bonchev–Trinajstić information content (AvgIpc) is 2.42. The van der Waals surface area contributed by atoms with Crippen LogP contribution < -0.4 is 9.47 Å². The maximum absolute atomic E-state index is 11.6. The monoisotopic (exact) mass is 256 g/mol. The Morgan fingerprint density at radius 2 is 1.83 bits per heavy atom. The molecule has 0 spiro atoms. The van der Waals surface area contributed by atoms with Gasteiger partial charge < -0.3 is 24.1 Å². The predicted octanol–water partition coefficient (Wildman–Crippen LogP) is 0.827. The molecule has 0 aliphatic heterocycles. The van der Waals surface area contributed by atoms with E-state index in [4.69, 9.17) is 24.1 Å². The van der Waals surface area contributed by atoms with Crippen LogP contribution in [0.1, 0.15) is 10.4 Å². The van der Waals surface area contributed by atoms with Crippen LogP contribution in [0.5, 0.6) is 11.5 Å². The van der Waals surface area contributed by atoms with Crippen molar-refractivity contribution in [3.8, 4) is 11.5 Å². The lowest BCUT2D eigenvalue weighted by atomic mass is 10.1. The van der Waals surface area contributed by atoms with Crippen molar-refractivity contribution in [3.05, 3.63) is 23.8 Å². The van der Waals surface area contributed by atoms with E-state index in [1.165, 1.54) is 20.3 Å². The molecule has 0 unspecified atom stereocenters. The van der Waals surface area contributed by atoms with E-state index in [0.29, 0.717) is 11.5 Å². The van der Waals surface area contributed by atoms with Gasteiger partial charge in [0.05, 0.1) is 5.56 Å². The Hall–Kier alpha value is -1.63. The molecule has 1 rings (SSSR count). The summed E-state index contributed by atoms with van der Waals surface area (Å²) in [4.78, 5) is 11.6. The largest absolute Gasteiger partial charge is 0.468 e. The van der Waals surface area contributed by atoms with Crippen LogP contribution in [0.3, 0.4) is 0 Å². The molecule has 0 aliphatic carbocycles. The number of hydrogen-bond donors (Lipinski definition) is 1. The summed E-state index contributed by atoms with van der Waals surface area (Å²) in [6, 6.07) is 4.70. The zero-order valence-electron chi connectivity index (χ0n) is 10.3. The maximum Gasteiger partial charge on any atom is 0.192 e. The minimum atomic E-state index is -0.600. The van der Waals surface area contributed by atoms with E-state index in [9.17, 15) is 4.79 Å². The Labute approximate surface area is 105 Å². The number of rotatable bonds is 8. The van der Waals surface area contributed by atoms with Crippen molar-refractivity contribution < 1.29 is 28.8 Å². The van der Waals surface area contributed by atoms with Crippen LogP contribution in [0.2, 0.25) is 0 Å². The molecule has 0 amide bonds. The first-order valence-corrected chi connectivity index (χ1v) is 5.24. The predicted molar refractivity (Wildman–Crippen MR) is 62.9 cm³/mol. The van der Waals surface area contributed by atoms with Gasteiger partial charge in [-0.3, -0.25) is 4.79 Å². The number of hydrogen-bond acceptors (Lipinski definition) is 6. The van der Waals surface area contributed by atoms with Crippen LogP contribution in [-0.2, 0) is 9.47 Å². The highest BCUT2D eigenvalue weighted by Crippen LogP contribution is 2.25. The molecule has 1 aromatic rings. The Morgan fingerprint density at radius 3 is 2.44 bits per heavy atom. The Balaban J connectivity index is 2.92. The first-order chi connectivity index (χ1) is 8.72. The summed E-state index contributed by atoms with van der Waals surface area (Å²) in [5.74, 6) is 0.336. The normalized spacial score (nSPS) is 10.2. The fraction of sp³-hybridized carbons (Fsp3) is 0.417. The van der Waals surface area contributed by atoms with Crippen molar-refractivity contribution in [3.63, 3.8) is 0 Å². The molecule has 0 saturated heterocycles. The minimum Gasteiger partial charge on any atom is -0.468 e. The van der Waals surface area contributed by atoms with E-state index in [0.717, 1.165) is 0 Å². The molecule has 6 heteroatoms. The van der Waals surface area contributed by atoms with E-state index in [1.807, 2.05) is 0 Å². The van der Waals surface area contributed by atoms with Crippen LogP contribution in [0, 0.1) is 0 Å². The third kappa shape index (κ3) is 3.99. The van der Waals surface area contributed by atoms with Crippen LogP contribution in [-0.4, -0.2) is 45.3 Å². The molecule has 6 nitrogen and oxygen atoms in total. The van der Waals surface area contributed by atoms with E-state index in [1.54, 1.807) is 12.1 Å². The van der Waals surface area contributed by atoms with E-state index >= 15 is 0 Å². The Kier molecular flexibility index (Phi) is 6.13. The molecule has 0 fully saturated rings. The quantitative estimate of drug-likeness (QED) is 0.548. The van der Waals surface area contributed by atoms with Crippen LogP contribution in [0.4, 0.5) is 0 Å². The van der Waals surface area contributed by atoms with Gasteiger partial charge in [0.25, 0.3) is 0 Å². The standard InChI is InChI=1S/C12H16O6/c1-15-7-17-9-3-4-12(18-8-16-2)10(5-9)11(14)6-13/h3-5,13H,6-8H2,1-2H3. The molecule has 0 saturated carbocycles. The van der Waals surface area contributed by atoms with E-state index < -0.39 is 12.4 Å². The van der Waals surface area contributed by atoms with Gasteiger partial charge in [-0.1, -0.05) is 0 Å². The zero-order chi connectivity index (χ0) is 13.4. The number of benzene rings is 1. The summed E-state index contributed by atoms with van der Waals surface area (Å²) < 4.78 is 20.0. The van der Waals surface area contributed by atoms with Crippen molar-refractivity contribution in [2.75, 3.05) is 34.4 Å². The van der Waals surface area contributed by atoms with Crippen molar-refractivity contribution >= 4 is 5.78 Å². The molecule has 1 aromatic carbocycles. The van der Waals surface area contributed by atoms with Crippen molar-refractivity contribution in [2.24, 2.45) is 0 Å². The van der Waals surface area contributed by atoms with Gasteiger partial charge in [0, 0.05) is 14.2 Å². The molecule has 0 aliphatic rings. The number of methoxy groups -OCH3 is 2. The number of ether oxygens (including phenoxy) is 4. The Bertz CT molecular complexity index is 390. The lowest BCUT2D eigenvalue weighted by molar-refractivity contribution is 0.0473. The first-order valence-electron chi connectivity index (χ1n) is 5.24. The number of ketones is 1. The molecular formula is C12H16O6. The summed E-state index contributed by atoms with van der Waals surface area (Å²) in [5.41, 5.74) is 0.239. The average molecular weight is 256 g/mol. The number of aliphatic hydroxyl groups is 1. The topological polar surface area (TPSA) is 74.2 Å². The summed E-state index contributed by atoms with van der Waals surface area (Å²) in [7, 11) is 2.97. The molecule has 18 heavy (non-hydrogen) atoms. The highest BCUT2D eigenvalue weighted by atomic mass is 16.7. The number of Topliss-reactive ketones (excluding diaryl/α,β-unsaturated/α-hetero) is 1. The van der Waals surface area contributed by atoms with Crippen LogP contribution >= 0.6 is 0 Å². The number of carbonyl (C=O) groups is 1. The molecule has 0 heterocycles. The maximum atomic E-state index is 11.6. The summed E-state index contributed by atoms with van der Waals surface area (Å²) in [6.45, 7) is -0.508. The second-order valence-corrected chi connectivity index (χ2v) is 3.34. The Morgan fingerprint density at radius 1 is 1.17 bits per heavy atom. The van der Waals surface area contributed by atoms with E-state index in [-0.39, 0.29) is 19.1 Å². The fourth-order valence-corrected chi connectivity index (χ4v) is 1.28. The third-order valence-electron chi connectivity index (χ3n) is 2.07. The number of carbonyl (C=O) groups excluding carboxylic acids is 1. The highest BCUT2D eigenvalue weighted by Gasteiger charge is 2.13. The van der Waals surface area contributed by atoms with Crippen molar-refractivity contribution in [1.29, 1.82) is 0 Å². The lowest BCUT2D eigenvalue weighted by Crippen LogP contribution is -2.10. The van der Waals surface area contributed by atoms with Gasteiger partial charge in [0.15, 0.2) is 19.4 Å². The molecule has 0 aromatic heterocycles. The van der Waals surface area contributed by atoms with Gasteiger partial charge in [0.2, 0.25) is 0 Å². The fourth-order valence-electron chi connectivity index (χ4n) is 1.28. The molecular weight excluding hydrogens is 240 g/mol. The molecule has 0 atom stereocenters. The molecule has 0 radical (unpaired) electrons. The van der Waals surface area contributed by atoms with Gasteiger partial charge in [-0.15, -0.1) is 0 Å². The second kappa shape index (κ2) is 7.65. The minimum absolute atomic E-state index is 0.0178. The SMILES string of the molecule is COCOc1ccc(OCOC)c(C(=O)CO)c1. The van der Waals surface area contributed by atoms with Gasteiger partial charge in [-0.25, -0.2) is 0 Å². The van der Waals surface area contributed by atoms with E-state index in [2.05, 4.69) is 0 Å². The second-order valence-electron chi connectivity index (χ2n) is 3.34. The summed E-state index contributed by atoms with van der Waals surface area (Å²) in [5, 5.41) is 8.90. The molecule has 1 N–H and O–H groups in total. The first kappa shape index (κ1) is 14.4. The van der Waals surface area contributed by atoms with Crippen LogP contribution in [0.25, 0.3) is 0 Å². The van der Waals surface area contributed by atoms with Crippen molar-refractivity contribution in [2.45, 2.75) is 0 Å². The van der Waals surface area contributed by atoms with Gasteiger partial charge in [-0.05, 0) is 18.2 Å². The van der Waals surface area contributed by atoms with Crippen LogP contribution in [0.15, 0.2) is 18.2 Å². The van der Waals surface area contributed by atoms with Gasteiger partial charge in [-0.2, -0.15) is 0 Å². The number of aliphatic hydroxyl groups excluding tert-OH is 1. The smallest absolute Gasteiger partial charge is 0.192 e. The van der Waals surface area contributed by atoms with Gasteiger partial charge >= 0.3 is 0 Å². The summed E-state index contributed by atoms with van der Waals surface area (Å²) in [6.07, 6.45) is 0. The van der Waals surface area contributed by atoms with Crippen molar-refractivity contribution in [1.82, 2.24) is 0 Å². The summed E-state index contributed by atoms with van der Waals surface area (Å²) >= 11 is 0. The molecule has 0 bridgehead atoms. The zero-order valence-corrected chi connectivity index (χ0v) is 10.3. The molecule has 100 valence electrons. The highest BCUT2D eigenvalue weighted by molar-refractivity contribution is 5.99. The van der Waals surface area contributed by atoms with Gasteiger partial charge in [0.1, 0.15) is 18.1 Å². The third-order valence-corrected chi connectivity index (χ3v) is 2.07. The lowest BCUT2D eigenvalue weighted by Gasteiger charge is -2.11.